The van der Waals surface area contributed by atoms with Crippen LogP contribution in [0.25, 0.3) is 0 Å². The number of rotatable bonds is 4. The van der Waals surface area contributed by atoms with Crippen LogP contribution in [0.15, 0.2) is 36.4 Å². The largest absolute Gasteiger partial charge is 0.507 e. The fourth-order valence-corrected chi connectivity index (χ4v) is 3.16. The molecule has 23 heavy (non-hydrogen) atoms. The Kier molecular flexibility index (Phi) is 4.63. The van der Waals surface area contributed by atoms with Gasteiger partial charge in [-0.05, 0) is 48.4 Å². The lowest BCUT2D eigenvalue weighted by atomic mass is 9.86. The Morgan fingerprint density at radius 3 is 2.65 bits per heavy atom. The van der Waals surface area contributed by atoms with Crippen LogP contribution in [0, 0.1) is 0 Å². The van der Waals surface area contributed by atoms with Crippen molar-refractivity contribution in [3.05, 3.63) is 64.2 Å². The van der Waals surface area contributed by atoms with Crippen LogP contribution >= 0.6 is 0 Å². The van der Waals surface area contributed by atoms with E-state index in [0.29, 0.717) is 5.56 Å². The average molecular weight is 311 g/mol. The number of nitrogens with two attached hydrogens (primary N) is 1. The Labute approximate surface area is 135 Å². The quantitative estimate of drug-likeness (QED) is 0.851. The van der Waals surface area contributed by atoms with E-state index in [1.54, 1.807) is 6.07 Å². The first kappa shape index (κ1) is 15.6. The van der Waals surface area contributed by atoms with Gasteiger partial charge in [0, 0.05) is 12.1 Å². The molecule has 4 nitrogen and oxygen atoms in total. The van der Waals surface area contributed by atoms with Crippen molar-refractivity contribution >= 4 is 5.97 Å². The van der Waals surface area contributed by atoms with E-state index in [0.717, 1.165) is 42.4 Å². The fraction of sp³-hybridized carbons (Fsp3) is 0.316. The zero-order valence-electron chi connectivity index (χ0n) is 13.0. The first-order valence-electron chi connectivity index (χ1n) is 7.98. The Balaban J connectivity index is 1.85. The summed E-state index contributed by atoms with van der Waals surface area (Å²) in [5.41, 5.74) is 9.84. The molecule has 3 rings (SSSR count). The Morgan fingerprint density at radius 1 is 1.17 bits per heavy atom. The first-order chi connectivity index (χ1) is 11.2. The number of phenols is 1. The number of carbonyl (C=O) groups is 1. The van der Waals surface area contributed by atoms with E-state index in [1.807, 2.05) is 30.3 Å². The fourth-order valence-electron chi connectivity index (χ4n) is 3.16. The number of carbonyl (C=O) groups excluding carboxylic acids is 1. The monoisotopic (exact) mass is 311 g/mol. The lowest BCUT2D eigenvalue weighted by molar-refractivity contribution is 0.0469. The zero-order valence-corrected chi connectivity index (χ0v) is 13.0. The normalized spacial score (nSPS) is 13.4. The number of hydrogen-bond acceptors (Lipinski definition) is 4. The van der Waals surface area contributed by atoms with Gasteiger partial charge in [-0.1, -0.05) is 30.3 Å². The van der Waals surface area contributed by atoms with Crippen molar-refractivity contribution in [2.24, 2.45) is 5.73 Å². The summed E-state index contributed by atoms with van der Waals surface area (Å²) in [5.74, 6) is -0.527. The van der Waals surface area contributed by atoms with Crippen LogP contribution < -0.4 is 5.73 Å². The minimum atomic E-state index is -0.505. The summed E-state index contributed by atoms with van der Waals surface area (Å²) in [7, 11) is 0. The second-order valence-electron chi connectivity index (χ2n) is 5.86. The highest BCUT2D eigenvalue weighted by molar-refractivity contribution is 5.93. The molecule has 2 aromatic carbocycles. The summed E-state index contributed by atoms with van der Waals surface area (Å²) in [6, 6.07) is 11.3. The van der Waals surface area contributed by atoms with Crippen LogP contribution in [0.1, 0.15) is 45.5 Å². The van der Waals surface area contributed by atoms with E-state index in [1.165, 1.54) is 0 Å². The number of fused-ring (bicyclic) bond motifs is 1. The minimum absolute atomic E-state index is 0.0220. The highest BCUT2D eigenvalue weighted by atomic mass is 16.5. The van der Waals surface area contributed by atoms with Gasteiger partial charge in [-0.3, -0.25) is 0 Å². The number of hydrogen-bond donors (Lipinski definition) is 2. The van der Waals surface area contributed by atoms with Gasteiger partial charge < -0.3 is 15.6 Å². The molecule has 120 valence electrons. The molecule has 0 saturated carbocycles. The summed E-state index contributed by atoms with van der Waals surface area (Å²) in [5, 5.41) is 10.4. The number of benzene rings is 2. The second-order valence-corrected chi connectivity index (χ2v) is 5.86. The van der Waals surface area contributed by atoms with Crippen LogP contribution in [0.4, 0.5) is 0 Å². The molecule has 4 heteroatoms. The van der Waals surface area contributed by atoms with E-state index in [2.05, 4.69) is 0 Å². The standard InChI is InChI=1S/C19H21NO3/c20-11-17-15-9-5-4-8-14(15)10-16(18(17)21)19(22)23-12-13-6-2-1-3-7-13/h1-3,6-7,10,21H,4-5,8-9,11-12,20H2. The predicted molar refractivity (Wildman–Crippen MR) is 88.2 cm³/mol. The van der Waals surface area contributed by atoms with Crippen LogP contribution in [-0.4, -0.2) is 11.1 Å². The lowest BCUT2D eigenvalue weighted by Gasteiger charge is -2.21. The van der Waals surface area contributed by atoms with Gasteiger partial charge in [-0.15, -0.1) is 0 Å². The second kappa shape index (κ2) is 6.84. The summed E-state index contributed by atoms with van der Waals surface area (Å²) in [6.45, 7) is 0.419. The molecule has 0 spiro atoms. The van der Waals surface area contributed by atoms with Crippen molar-refractivity contribution in [1.29, 1.82) is 0 Å². The number of aromatic hydroxyl groups is 1. The maximum atomic E-state index is 12.4. The molecule has 1 aliphatic rings. The van der Waals surface area contributed by atoms with E-state index in [9.17, 15) is 9.90 Å². The lowest BCUT2D eigenvalue weighted by Crippen LogP contribution is -2.14. The number of aryl methyl sites for hydroxylation is 1. The Bertz CT molecular complexity index is 710. The van der Waals surface area contributed by atoms with Crippen molar-refractivity contribution in [3.63, 3.8) is 0 Å². The topological polar surface area (TPSA) is 72.5 Å². The van der Waals surface area contributed by atoms with Crippen LogP contribution in [0.3, 0.4) is 0 Å². The number of ether oxygens (including phenoxy) is 1. The van der Waals surface area contributed by atoms with Crippen molar-refractivity contribution < 1.29 is 14.6 Å². The SMILES string of the molecule is NCc1c(O)c(C(=O)OCc2ccccc2)cc2c1CCCC2. The molecule has 0 radical (unpaired) electrons. The molecule has 0 saturated heterocycles. The summed E-state index contributed by atoms with van der Waals surface area (Å²) >= 11 is 0. The van der Waals surface area contributed by atoms with Crippen molar-refractivity contribution in [1.82, 2.24) is 0 Å². The molecule has 0 aliphatic heterocycles. The maximum Gasteiger partial charge on any atom is 0.342 e. The van der Waals surface area contributed by atoms with Crippen molar-refractivity contribution in [3.8, 4) is 5.75 Å². The highest BCUT2D eigenvalue weighted by Crippen LogP contribution is 2.34. The van der Waals surface area contributed by atoms with Gasteiger partial charge in [0.15, 0.2) is 0 Å². The van der Waals surface area contributed by atoms with E-state index in [-0.39, 0.29) is 24.5 Å². The molecule has 0 atom stereocenters. The van der Waals surface area contributed by atoms with Gasteiger partial charge in [-0.25, -0.2) is 4.79 Å². The molecule has 0 aromatic heterocycles. The highest BCUT2D eigenvalue weighted by Gasteiger charge is 2.23. The molecule has 2 aromatic rings. The Hall–Kier alpha value is -2.33. The molecular formula is C19H21NO3. The summed E-state index contributed by atoms with van der Waals surface area (Å²) < 4.78 is 5.35. The molecule has 0 amide bonds. The maximum absolute atomic E-state index is 12.4. The molecular weight excluding hydrogens is 290 g/mol. The van der Waals surface area contributed by atoms with Crippen molar-refractivity contribution in [2.75, 3.05) is 0 Å². The smallest absolute Gasteiger partial charge is 0.342 e. The van der Waals surface area contributed by atoms with Crippen molar-refractivity contribution in [2.45, 2.75) is 38.8 Å². The number of phenolic OH excluding ortho intramolecular Hbond substituents is 1. The zero-order chi connectivity index (χ0) is 16.2. The van der Waals surface area contributed by atoms with Gasteiger partial charge in [0.25, 0.3) is 0 Å². The summed E-state index contributed by atoms with van der Waals surface area (Å²) in [6.07, 6.45) is 4.02. The van der Waals surface area contributed by atoms with Gasteiger partial charge in [0.05, 0.1) is 0 Å². The molecule has 0 heterocycles. The van der Waals surface area contributed by atoms with E-state index in [4.69, 9.17) is 10.5 Å². The summed E-state index contributed by atoms with van der Waals surface area (Å²) in [4.78, 5) is 12.4. The molecule has 1 aliphatic carbocycles. The van der Waals surface area contributed by atoms with Gasteiger partial charge in [-0.2, -0.15) is 0 Å². The van der Waals surface area contributed by atoms with Crippen LogP contribution in [0.5, 0.6) is 5.75 Å². The van der Waals surface area contributed by atoms with Crippen LogP contribution in [0.2, 0.25) is 0 Å². The molecule has 0 unspecified atom stereocenters. The number of esters is 1. The van der Waals surface area contributed by atoms with E-state index >= 15 is 0 Å². The average Bonchev–Trinajstić information content (AvgIpc) is 2.60. The molecule has 3 N–H and O–H groups in total. The third-order valence-corrected chi connectivity index (χ3v) is 4.37. The third kappa shape index (κ3) is 3.22. The third-order valence-electron chi connectivity index (χ3n) is 4.37. The Morgan fingerprint density at radius 2 is 1.91 bits per heavy atom. The van der Waals surface area contributed by atoms with E-state index < -0.39 is 5.97 Å². The van der Waals surface area contributed by atoms with Gasteiger partial charge >= 0.3 is 5.97 Å². The van der Waals surface area contributed by atoms with Crippen LogP contribution in [-0.2, 0) is 30.7 Å². The van der Waals surface area contributed by atoms with Gasteiger partial charge in [0.1, 0.15) is 17.9 Å². The predicted octanol–water partition coefficient (Wildman–Crippen LogP) is 3.09. The molecule has 0 bridgehead atoms. The van der Waals surface area contributed by atoms with Gasteiger partial charge in [0.2, 0.25) is 0 Å². The molecule has 0 fully saturated rings. The first-order valence-corrected chi connectivity index (χ1v) is 7.98. The minimum Gasteiger partial charge on any atom is -0.507 e.